The van der Waals surface area contributed by atoms with E-state index in [1.165, 1.54) is 0 Å². The lowest BCUT2D eigenvalue weighted by Crippen LogP contribution is -2.33. The number of rotatable bonds is 6. The smallest absolute Gasteiger partial charge is 0.224 e. The number of aromatic nitrogens is 2. The van der Waals surface area contributed by atoms with E-state index in [1.807, 2.05) is 73.2 Å². The van der Waals surface area contributed by atoms with E-state index >= 15 is 0 Å². The van der Waals surface area contributed by atoms with E-state index in [0.717, 1.165) is 39.4 Å². The quantitative estimate of drug-likeness (QED) is 0.640. The molecule has 0 bridgehead atoms. The molecule has 1 aromatic heterocycles. The Labute approximate surface area is 182 Å². The molecule has 0 saturated heterocycles. The first-order valence-electron chi connectivity index (χ1n) is 10.4. The Morgan fingerprint density at radius 1 is 1.32 bits per heavy atom. The normalized spacial score (nSPS) is 18.0. The molecule has 0 unspecified atom stereocenters. The molecule has 0 radical (unpaired) electrons. The maximum Gasteiger partial charge on any atom is 0.224 e. The lowest BCUT2D eigenvalue weighted by molar-refractivity contribution is -0.121. The summed E-state index contributed by atoms with van der Waals surface area (Å²) in [6.07, 6.45) is 5.92. The molecule has 0 spiro atoms. The van der Waals surface area contributed by atoms with Gasteiger partial charge in [0.2, 0.25) is 5.91 Å². The maximum absolute atomic E-state index is 12.6. The largest absolute Gasteiger partial charge is 0.495 e. The third kappa shape index (κ3) is 4.54. The van der Waals surface area contributed by atoms with Gasteiger partial charge in [0.15, 0.2) is 0 Å². The molecule has 31 heavy (non-hydrogen) atoms. The zero-order valence-electron chi connectivity index (χ0n) is 18.0. The number of aryl methyl sites for hydroxylation is 1. The van der Waals surface area contributed by atoms with Crippen molar-refractivity contribution in [3.05, 3.63) is 82.9 Å². The fraction of sp³-hybridized carbons (Fsp3) is 0.280. The van der Waals surface area contributed by atoms with E-state index in [0.29, 0.717) is 6.42 Å². The first-order chi connectivity index (χ1) is 14.9. The van der Waals surface area contributed by atoms with Crippen LogP contribution in [0.2, 0.25) is 0 Å². The van der Waals surface area contributed by atoms with Gasteiger partial charge < -0.3 is 19.7 Å². The fourth-order valence-electron chi connectivity index (χ4n) is 4.11. The number of carbonyl (C=O) groups excluding carboxylic acids is 1. The molecule has 0 fully saturated rings. The molecular weight excluding hydrogens is 390 g/mol. The number of amides is 1. The Morgan fingerprint density at radius 3 is 2.87 bits per heavy atom. The SMILES string of the molecule is COc1cc(C=C(C)CC(=O)N[C@@H]2c3ccccc3C[C@@H]2O)ccc1-n1cnc(C)c1. The van der Waals surface area contributed by atoms with Crippen LogP contribution in [0.5, 0.6) is 5.75 Å². The number of imidazole rings is 1. The van der Waals surface area contributed by atoms with Crippen LogP contribution >= 0.6 is 0 Å². The van der Waals surface area contributed by atoms with E-state index in [2.05, 4.69) is 10.3 Å². The lowest BCUT2D eigenvalue weighted by atomic mass is 10.1. The monoisotopic (exact) mass is 417 g/mol. The number of aliphatic hydroxyl groups excluding tert-OH is 1. The predicted octanol–water partition coefficient (Wildman–Crippen LogP) is 3.76. The van der Waals surface area contributed by atoms with Gasteiger partial charge in [-0.3, -0.25) is 4.79 Å². The minimum absolute atomic E-state index is 0.105. The van der Waals surface area contributed by atoms with Gasteiger partial charge in [-0.1, -0.05) is 42.0 Å². The minimum atomic E-state index is -0.589. The highest BCUT2D eigenvalue weighted by Crippen LogP contribution is 2.31. The molecule has 1 aliphatic carbocycles. The molecule has 1 heterocycles. The van der Waals surface area contributed by atoms with Crippen LogP contribution in [-0.4, -0.2) is 33.8 Å². The molecule has 1 amide bonds. The van der Waals surface area contributed by atoms with Gasteiger partial charge in [-0.25, -0.2) is 4.98 Å². The third-order valence-electron chi connectivity index (χ3n) is 5.57. The topological polar surface area (TPSA) is 76.4 Å². The molecular formula is C25H27N3O3. The van der Waals surface area contributed by atoms with Crippen molar-refractivity contribution in [2.24, 2.45) is 0 Å². The number of nitrogens with one attached hydrogen (secondary N) is 1. The maximum atomic E-state index is 12.6. The van der Waals surface area contributed by atoms with Crippen molar-refractivity contribution in [1.82, 2.24) is 14.9 Å². The van der Waals surface area contributed by atoms with Crippen molar-refractivity contribution in [2.45, 2.75) is 38.8 Å². The van der Waals surface area contributed by atoms with Crippen molar-refractivity contribution >= 4 is 12.0 Å². The standard InChI is InChI=1S/C25H27N3O3/c1-16(11-24(30)27-25-20-7-5-4-6-19(20)13-22(25)29)10-18-8-9-21(23(12-18)31-3)28-14-17(2)26-15-28/h4-10,12,14-15,22,25,29H,11,13H2,1-3H3,(H,27,30)/t22-,25+/m0/s1. The van der Waals surface area contributed by atoms with Crippen LogP contribution in [0.15, 0.2) is 60.6 Å². The highest BCUT2D eigenvalue weighted by Gasteiger charge is 2.31. The molecule has 160 valence electrons. The summed E-state index contributed by atoms with van der Waals surface area (Å²) < 4.78 is 7.48. The highest BCUT2D eigenvalue weighted by molar-refractivity contribution is 5.80. The van der Waals surface area contributed by atoms with Crippen LogP contribution in [0.3, 0.4) is 0 Å². The summed E-state index contributed by atoms with van der Waals surface area (Å²) in [5.41, 5.74) is 5.81. The van der Waals surface area contributed by atoms with Gasteiger partial charge in [0, 0.05) is 19.0 Å². The van der Waals surface area contributed by atoms with Crippen molar-refractivity contribution < 1.29 is 14.6 Å². The van der Waals surface area contributed by atoms with Gasteiger partial charge >= 0.3 is 0 Å². The summed E-state index contributed by atoms with van der Waals surface area (Å²) in [5, 5.41) is 13.4. The van der Waals surface area contributed by atoms with Gasteiger partial charge in [-0.2, -0.15) is 0 Å². The summed E-state index contributed by atoms with van der Waals surface area (Å²) in [6, 6.07) is 13.4. The highest BCUT2D eigenvalue weighted by atomic mass is 16.5. The molecule has 2 aromatic carbocycles. The summed E-state index contributed by atoms with van der Waals surface area (Å²) in [7, 11) is 1.64. The second kappa shape index (κ2) is 8.78. The zero-order chi connectivity index (χ0) is 22.0. The Hall–Kier alpha value is -3.38. The van der Waals surface area contributed by atoms with Crippen LogP contribution < -0.4 is 10.1 Å². The molecule has 1 aliphatic rings. The van der Waals surface area contributed by atoms with Crippen molar-refractivity contribution in [3.8, 4) is 11.4 Å². The Kier molecular flexibility index (Phi) is 5.91. The van der Waals surface area contributed by atoms with Crippen molar-refractivity contribution in [1.29, 1.82) is 0 Å². The summed E-state index contributed by atoms with van der Waals surface area (Å²) in [6.45, 7) is 3.87. The van der Waals surface area contributed by atoms with Crippen molar-refractivity contribution in [3.63, 3.8) is 0 Å². The third-order valence-corrected chi connectivity index (χ3v) is 5.57. The van der Waals surface area contributed by atoms with Crippen LogP contribution in [0.1, 0.15) is 41.8 Å². The summed E-state index contributed by atoms with van der Waals surface area (Å²) >= 11 is 0. The fourth-order valence-corrected chi connectivity index (χ4v) is 4.11. The molecule has 0 saturated carbocycles. The minimum Gasteiger partial charge on any atom is -0.495 e. The first-order valence-corrected chi connectivity index (χ1v) is 10.4. The lowest BCUT2D eigenvalue weighted by Gasteiger charge is -2.18. The average Bonchev–Trinajstić information content (AvgIpc) is 3.31. The molecule has 6 heteroatoms. The van der Waals surface area contributed by atoms with E-state index in [1.54, 1.807) is 13.4 Å². The van der Waals surface area contributed by atoms with E-state index in [-0.39, 0.29) is 18.4 Å². The number of ether oxygens (including phenoxy) is 1. The second-order valence-corrected chi connectivity index (χ2v) is 8.04. The zero-order valence-corrected chi connectivity index (χ0v) is 18.0. The van der Waals surface area contributed by atoms with E-state index in [4.69, 9.17) is 4.74 Å². The van der Waals surface area contributed by atoms with Crippen LogP contribution in [0.4, 0.5) is 0 Å². The van der Waals surface area contributed by atoms with Gasteiger partial charge in [-0.05, 0) is 42.7 Å². The Bertz CT molecular complexity index is 1130. The molecule has 6 nitrogen and oxygen atoms in total. The number of hydrogen-bond donors (Lipinski definition) is 2. The average molecular weight is 418 g/mol. The van der Waals surface area contributed by atoms with Crippen LogP contribution in [-0.2, 0) is 11.2 Å². The number of aliphatic hydroxyl groups is 1. The summed E-state index contributed by atoms with van der Waals surface area (Å²) in [5.74, 6) is 0.626. The number of methoxy groups -OCH3 is 1. The van der Waals surface area contributed by atoms with Gasteiger partial charge in [0.05, 0.1) is 37.0 Å². The molecule has 3 aromatic rings. The molecule has 2 atom stereocenters. The number of hydrogen-bond acceptors (Lipinski definition) is 4. The first kappa shape index (κ1) is 20.9. The number of fused-ring (bicyclic) bond motifs is 1. The number of carbonyl (C=O) groups is 1. The van der Waals surface area contributed by atoms with E-state index < -0.39 is 6.10 Å². The van der Waals surface area contributed by atoms with Crippen LogP contribution in [0, 0.1) is 6.92 Å². The Balaban J connectivity index is 1.45. The number of nitrogens with zero attached hydrogens (tertiary/aromatic N) is 2. The summed E-state index contributed by atoms with van der Waals surface area (Å²) in [4.78, 5) is 16.9. The second-order valence-electron chi connectivity index (χ2n) is 8.04. The number of benzene rings is 2. The van der Waals surface area contributed by atoms with Gasteiger partial charge in [-0.15, -0.1) is 0 Å². The molecule has 4 rings (SSSR count). The molecule has 0 aliphatic heterocycles. The van der Waals surface area contributed by atoms with Gasteiger partial charge in [0.25, 0.3) is 0 Å². The Morgan fingerprint density at radius 2 is 2.13 bits per heavy atom. The van der Waals surface area contributed by atoms with Gasteiger partial charge in [0.1, 0.15) is 5.75 Å². The van der Waals surface area contributed by atoms with Crippen molar-refractivity contribution in [2.75, 3.05) is 7.11 Å². The van der Waals surface area contributed by atoms with E-state index in [9.17, 15) is 9.90 Å². The molecule has 2 N–H and O–H groups in total. The predicted molar refractivity (Wildman–Crippen MR) is 120 cm³/mol. The van der Waals surface area contributed by atoms with Crippen LogP contribution in [0.25, 0.3) is 11.8 Å².